The minimum absolute atomic E-state index is 0.0299. The number of amides is 12. The van der Waals surface area contributed by atoms with Crippen LogP contribution in [0.25, 0.3) is 0 Å². The molecule has 27 N–H and O–H groups in total. The highest BCUT2D eigenvalue weighted by Crippen LogP contribution is 2.11. The number of unbranched alkanes of at least 4 members (excludes halogenated alkanes) is 2. The molecule has 36 heteroatoms. The van der Waals surface area contributed by atoms with Gasteiger partial charge in [0.15, 0.2) is 5.96 Å². The Kier molecular flexibility index (Phi) is 39.4. The van der Waals surface area contributed by atoms with Gasteiger partial charge in [-0.1, -0.05) is 6.42 Å². The maximum atomic E-state index is 14.2. The fourth-order valence-corrected chi connectivity index (χ4v) is 8.31. The van der Waals surface area contributed by atoms with Gasteiger partial charge in [0.25, 0.3) is 0 Å². The van der Waals surface area contributed by atoms with E-state index < -0.39 is 157 Å². The van der Waals surface area contributed by atoms with Gasteiger partial charge in [0.1, 0.15) is 48.3 Å². The van der Waals surface area contributed by atoms with Crippen molar-refractivity contribution in [3.63, 3.8) is 0 Å². The van der Waals surface area contributed by atoms with Crippen LogP contribution in [0.15, 0.2) is 4.99 Å². The monoisotopic (exact) mass is 1230 g/mol. The fourth-order valence-electron chi connectivity index (χ4n) is 7.33. The van der Waals surface area contributed by atoms with Crippen molar-refractivity contribution >= 4 is 94.6 Å². The highest BCUT2D eigenvalue weighted by molar-refractivity contribution is 7.99. The third-order valence-corrected chi connectivity index (χ3v) is 13.4. The van der Waals surface area contributed by atoms with E-state index in [9.17, 15) is 82.8 Å². The number of carbonyl (C=O) groups excluding carboxylic acids is 12. The van der Waals surface area contributed by atoms with E-state index in [0.717, 1.165) is 25.6 Å². The van der Waals surface area contributed by atoms with Crippen LogP contribution in [0.4, 0.5) is 0 Å². The normalized spacial score (nSPS) is 14.8. The topological polar surface area (TPSA) is 604 Å². The quantitative estimate of drug-likeness (QED) is 0.0153. The first kappa shape index (κ1) is 77.5. The molecule has 35 nitrogen and oxygen atoms in total. The summed E-state index contributed by atoms with van der Waals surface area (Å²) in [5, 5.41) is 66.2. The Bertz CT molecular complexity index is 2250. The Morgan fingerprint density at radius 2 is 1.01 bits per heavy atom. The number of carbonyl (C=O) groups is 13. The van der Waals surface area contributed by atoms with Crippen molar-refractivity contribution in [3.8, 4) is 0 Å². The summed E-state index contributed by atoms with van der Waals surface area (Å²) in [7, 11) is 1.43. The predicted octanol–water partition coefficient (Wildman–Crippen LogP) is -9.88. The van der Waals surface area contributed by atoms with Crippen LogP contribution in [-0.4, -0.2) is 228 Å². The van der Waals surface area contributed by atoms with Crippen LogP contribution in [0.2, 0.25) is 0 Å². The number of carboxylic acids is 1. The van der Waals surface area contributed by atoms with Gasteiger partial charge in [-0.15, -0.1) is 0 Å². The van der Waals surface area contributed by atoms with Gasteiger partial charge in [0, 0.05) is 32.2 Å². The number of nitrogens with two attached hydrogens (primary N) is 6. The smallest absolute Gasteiger partial charge is 0.326 e. The number of hydrogen-bond acceptors (Lipinski definition) is 21. The summed E-state index contributed by atoms with van der Waals surface area (Å²) in [4.78, 5) is 172. The second-order valence-corrected chi connectivity index (χ2v) is 20.7. The summed E-state index contributed by atoms with van der Waals surface area (Å²) in [6.07, 6.45) is -1.48. The lowest BCUT2D eigenvalue weighted by Crippen LogP contribution is -2.62. The molecule has 484 valence electrons. The Labute approximate surface area is 496 Å². The number of thioether (sulfide) groups is 1. The number of aliphatic hydroxyl groups is 3. The molecule has 0 saturated heterocycles. The molecule has 0 aliphatic carbocycles. The van der Waals surface area contributed by atoms with Crippen LogP contribution < -0.4 is 92.9 Å². The minimum atomic E-state index is -1.87. The average molecular weight is 1240 g/mol. The molecular weight excluding hydrogens is 1140 g/mol. The first-order valence-corrected chi connectivity index (χ1v) is 28.6. The molecule has 0 radical (unpaired) electrons. The number of aliphatic hydroxyl groups excluding tert-OH is 3. The SMILES string of the molecule is CNC(=O)CCCSC[C@H](NC(=O)[C@H](CCCN=C(N)N)NC(=O)[C@H](C)NC(=O)[C@@H](NC(=O)[C@H](CCC(N)=O)NC(=O)[C@@H](N)CCCCN)[C@@H](C)O)C(=O)N[C@@H](CO)C(=O)N[C@H](C(=O)NCC(=O)NCC(=O)N[C@@H](CCCCN)C(=O)O)[C@@H](C)O. The summed E-state index contributed by atoms with van der Waals surface area (Å²) >= 11 is 1.08. The number of primary amides is 1. The molecule has 0 spiro atoms. The molecule has 0 bridgehead atoms. The molecule has 0 unspecified atom stereocenters. The molecule has 0 rings (SSSR count). The van der Waals surface area contributed by atoms with E-state index >= 15 is 0 Å². The van der Waals surface area contributed by atoms with Crippen LogP contribution >= 0.6 is 11.8 Å². The van der Waals surface area contributed by atoms with Crippen molar-refractivity contribution in [1.82, 2.24) is 58.5 Å². The van der Waals surface area contributed by atoms with Crippen LogP contribution in [0.3, 0.4) is 0 Å². The van der Waals surface area contributed by atoms with Crippen molar-refractivity contribution in [2.24, 2.45) is 39.4 Å². The summed E-state index contributed by atoms with van der Waals surface area (Å²) in [5.41, 5.74) is 33.1. The Morgan fingerprint density at radius 1 is 0.506 bits per heavy atom. The number of nitrogens with one attached hydrogen (secondary N) is 11. The summed E-state index contributed by atoms with van der Waals surface area (Å²) < 4.78 is 0. The zero-order chi connectivity index (χ0) is 64.8. The van der Waals surface area contributed by atoms with Crippen LogP contribution in [-0.2, 0) is 62.3 Å². The van der Waals surface area contributed by atoms with E-state index in [4.69, 9.17) is 34.4 Å². The number of aliphatic imine (C=N–C) groups is 1. The number of aliphatic carboxylic acids is 1. The molecule has 0 aliphatic rings. The first-order valence-electron chi connectivity index (χ1n) is 27.5. The van der Waals surface area contributed by atoms with Crippen LogP contribution in [0.5, 0.6) is 0 Å². The predicted molar refractivity (Wildman–Crippen MR) is 308 cm³/mol. The van der Waals surface area contributed by atoms with Crippen molar-refractivity contribution in [2.75, 3.05) is 57.9 Å². The van der Waals surface area contributed by atoms with Crippen molar-refractivity contribution in [3.05, 3.63) is 0 Å². The fraction of sp³-hybridized carbons (Fsp3) is 0.714. The number of nitrogens with zero attached hydrogens (tertiary/aromatic N) is 1. The summed E-state index contributed by atoms with van der Waals surface area (Å²) in [6.45, 7) is 1.44. The van der Waals surface area contributed by atoms with E-state index in [1.54, 1.807) is 0 Å². The zero-order valence-electron chi connectivity index (χ0n) is 48.4. The molecule has 0 aromatic carbocycles. The standard InChI is InChI=1S/C49H90N18O17S/c1-25(60-47(82)39(27(3)70)67-43(78)30(15-16-34(53)71)63-41(76)28(52)11-5-7-17-50)40(75)62-29(13-9-19-57-49(54)55)42(77)65-33(24-85-20-10-14-35(72)56-4)45(80)64-32(23-68)44(79)66-38(26(2)69)46(81)59-21-36(73)58-22-37(74)61-31(48(83)84)12-6-8-18-51/h25-33,38-39,68-70H,5-24,50-52H2,1-4H3,(H2,53,71)(H,56,72)(H,58,73)(H,59,81)(H,60,82)(H,61,74)(H,62,75)(H,63,76)(H,64,80)(H,65,77)(H,66,79)(H,67,78)(H,83,84)(H4,54,55,57)/t25-,26+,27+,28-,29-,30-,31-,32-,33-,38-,39-/m0/s1. The van der Waals surface area contributed by atoms with E-state index in [2.05, 4.69) is 63.5 Å². The van der Waals surface area contributed by atoms with Crippen molar-refractivity contribution < 1.29 is 82.8 Å². The second kappa shape index (κ2) is 43.2. The molecule has 0 fully saturated rings. The van der Waals surface area contributed by atoms with Crippen LogP contribution in [0.1, 0.15) is 97.8 Å². The Morgan fingerprint density at radius 3 is 1.56 bits per heavy atom. The van der Waals surface area contributed by atoms with Gasteiger partial charge in [-0.2, -0.15) is 11.8 Å². The number of guanidine groups is 1. The second-order valence-electron chi connectivity index (χ2n) is 19.5. The third kappa shape index (κ3) is 33.5. The number of hydrogen-bond donors (Lipinski definition) is 21. The largest absolute Gasteiger partial charge is 0.480 e. The van der Waals surface area contributed by atoms with Gasteiger partial charge in [0.05, 0.1) is 37.9 Å². The lowest BCUT2D eigenvalue weighted by Gasteiger charge is -2.28. The molecule has 0 heterocycles. The molecule has 85 heavy (non-hydrogen) atoms. The van der Waals surface area contributed by atoms with Gasteiger partial charge in [-0.25, -0.2) is 4.79 Å². The van der Waals surface area contributed by atoms with E-state index in [0.29, 0.717) is 45.2 Å². The highest BCUT2D eigenvalue weighted by atomic mass is 32.2. The zero-order valence-corrected chi connectivity index (χ0v) is 49.2. The maximum Gasteiger partial charge on any atom is 0.326 e. The van der Waals surface area contributed by atoms with Gasteiger partial charge < -0.3 is 113 Å². The summed E-state index contributed by atoms with van der Waals surface area (Å²) in [6, 6.07) is -13.8. The van der Waals surface area contributed by atoms with Crippen LogP contribution in [0, 0.1) is 0 Å². The Hall–Kier alpha value is -7.51. The van der Waals surface area contributed by atoms with Gasteiger partial charge >= 0.3 is 5.97 Å². The molecular formula is C49H90N18O17S. The maximum absolute atomic E-state index is 14.2. The molecule has 11 atom stereocenters. The van der Waals surface area contributed by atoms with Crippen molar-refractivity contribution in [1.29, 1.82) is 0 Å². The molecule has 12 amide bonds. The summed E-state index contributed by atoms with van der Waals surface area (Å²) in [5.74, 6) is -12.9. The third-order valence-electron chi connectivity index (χ3n) is 12.2. The van der Waals surface area contributed by atoms with Gasteiger partial charge in [0.2, 0.25) is 70.9 Å². The van der Waals surface area contributed by atoms with E-state index in [1.165, 1.54) is 14.0 Å². The average Bonchev–Trinajstić information content (AvgIpc) is 3.44. The molecule has 0 aromatic heterocycles. The first-order chi connectivity index (χ1) is 40.0. The Balaban J connectivity index is 6.45. The van der Waals surface area contributed by atoms with E-state index in [-0.39, 0.29) is 74.9 Å². The lowest BCUT2D eigenvalue weighted by molar-refractivity contribution is -0.142. The minimum Gasteiger partial charge on any atom is -0.480 e. The van der Waals surface area contributed by atoms with Gasteiger partial charge in [-0.3, -0.25) is 62.5 Å². The molecule has 0 saturated carbocycles. The van der Waals surface area contributed by atoms with Gasteiger partial charge in [-0.05, 0) is 97.4 Å². The van der Waals surface area contributed by atoms with E-state index in [1.807, 2.05) is 0 Å². The number of carboxylic acid groups (broad SMARTS) is 1. The van der Waals surface area contributed by atoms with Crippen molar-refractivity contribution in [2.45, 2.75) is 164 Å². The lowest BCUT2D eigenvalue weighted by atomic mass is 10.1. The molecule has 0 aliphatic heterocycles. The highest BCUT2D eigenvalue weighted by Gasteiger charge is 2.36. The molecule has 0 aromatic rings. The number of rotatable bonds is 45.